The fourth-order valence-corrected chi connectivity index (χ4v) is 2.55. The Balaban J connectivity index is 4.27. The van der Waals surface area contributed by atoms with Crippen LogP contribution >= 0.6 is 0 Å². The first-order chi connectivity index (χ1) is 8.51. The molecule has 0 spiro atoms. The summed E-state index contributed by atoms with van der Waals surface area (Å²) in [5, 5.41) is 0. The van der Waals surface area contributed by atoms with E-state index in [-0.39, 0.29) is 11.2 Å². The van der Waals surface area contributed by atoms with Crippen molar-refractivity contribution < 1.29 is 9.47 Å². The third-order valence-electron chi connectivity index (χ3n) is 4.27. The van der Waals surface area contributed by atoms with E-state index < -0.39 is 0 Å². The summed E-state index contributed by atoms with van der Waals surface area (Å²) in [5.41, 5.74) is 0.0732. The van der Waals surface area contributed by atoms with Crippen molar-refractivity contribution in [3.63, 3.8) is 0 Å². The highest BCUT2D eigenvalue weighted by molar-refractivity contribution is 4.79. The maximum absolute atomic E-state index is 6.14. The molecule has 0 radical (unpaired) electrons. The molecule has 0 N–H and O–H groups in total. The van der Waals surface area contributed by atoms with E-state index in [1.54, 1.807) is 0 Å². The van der Waals surface area contributed by atoms with Gasteiger partial charge in [-0.15, -0.1) is 0 Å². The SMILES string of the molecule is CCCC(C)(CC)OCCC(CC)(CC)OCC. The summed E-state index contributed by atoms with van der Waals surface area (Å²) in [6.07, 6.45) is 6.55. The van der Waals surface area contributed by atoms with E-state index in [1.807, 2.05) is 0 Å². The number of hydrogen-bond donors (Lipinski definition) is 0. The second-order valence-corrected chi connectivity index (χ2v) is 5.48. The molecule has 0 aromatic carbocycles. The van der Waals surface area contributed by atoms with Gasteiger partial charge in [-0.05, 0) is 46.0 Å². The van der Waals surface area contributed by atoms with Gasteiger partial charge in [0, 0.05) is 6.61 Å². The Bertz CT molecular complexity index is 199. The molecule has 2 heteroatoms. The molecule has 18 heavy (non-hydrogen) atoms. The van der Waals surface area contributed by atoms with Gasteiger partial charge in [0.2, 0.25) is 0 Å². The van der Waals surface area contributed by atoms with Crippen LogP contribution in [0.3, 0.4) is 0 Å². The van der Waals surface area contributed by atoms with E-state index in [1.165, 1.54) is 6.42 Å². The summed E-state index contributed by atoms with van der Waals surface area (Å²) < 4.78 is 12.1. The monoisotopic (exact) mass is 258 g/mol. The molecule has 0 amide bonds. The average Bonchev–Trinajstić information content (AvgIpc) is 2.38. The van der Waals surface area contributed by atoms with Crippen molar-refractivity contribution in [1.29, 1.82) is 0 Å². The largest absolute Gasteiger partial charge is 0.375 e. The zero-order valence-corrected chi connectivity index (χ0v) is 13.5. The van der Waals surface area contributed by atoms with E-state index in [2.05, 4.69) is 41.5 Å². The summed E-state index contributed by atoms with van der Waals surface area (Å²) in [6, 6.07) is 0. The fourth-order valence-electron chi connectivity index (χ4n) is 2.55. The van der Waals surface area contributed by atoms with Gasteiger partial charge in [0.15, 0.2) is 0 Å². The van der Waals surface area contributed by atoms with Gasteiger partial charge >= 0.3 is 0 Å². The van der Waals surface area contributed by atoms with Gasteiger partial charge in [0.25, 0.3) is 0 Å². The minimum Gasteiger partial charge on any atom is -0.375 e. The van der Waals surface area contributed by atoms with Gasteiger partial charge in [-0.3, -0.25) is 0 Å². The molecule has 0 aliphatic rings. The maximum Gasteiger partial charge on any atom is 0.0699 e. The Morgan fingerprint density at radius 1 is 0.778 bits per heavy atom. The van der Waals surface area contributed by atoms with Crippen molar-refractivity contribution in [2.24, 2.45) is 0 Å². The Morgan fingerprint density at radius 2 is 1.39 bits per heavy atom. The molecular weight excluding hydrogens is 224 g/mol. The van der Waals surface area contributed by atoms with Crippen LogP contribution in [0.1, 0.15) is 80.1 Å². The first-order valence-corrected chi connectivity index (χ1v) is 7.79. The molecule has 0 aliphatic carbocycles. The molecule has 0 heterocycles. The molecule has 110 valence electrons. The highest BCUT2D eigenvalue weighted by Crippen LogP contribution is 2.27. The minimum absolute atomic E-state index is 0.0234. The summed E-state index contributed by atoms with van der Waals surface area (Å²) >= 11 is 0. The normalized spacial score (nSPS) is 15.7. The van der Waals surface area contributed by atoms with E-state index >= 15 is 0 Å². The van der Waals surface area contributed by atoms with Gasteiger partial charge in [0.05, 0.1) is 17.8 Å². The minimum atomic E-state index is 0.0234. The third kappa shape index (κ3) is 5.71. The fraction of sp³-hybridized carbons (Fsp3) is 1.00. The average molecular weight is 258 g/mol. The molecule has 0 saturated carbocycles. The van der Waals surface area contributed by atoms with Crippen molar-refractivity contribution in [1.82, 2.24) is 0 Å². The van der Waals surface area contributed by atoms with Crippen LogP contribution in [0.25, 0.3) is 0 Å². The predicted octanol–water partition coefficient (Wildman–Crippen LogP) is 4.96. The standard InChI is InChI=1S/C16H34O2/c1-7-12-15(6,8-2)18-14-13-16(9-3,10-4)17-11-5/h7-14H2,1-6H3. The zero-order valence-electron chi connectivity index (χ0n) is 13.5. The molecule has 0 aromatic heterocycles. The van der Waals surface area contributed by atoms with E-state index in [0.29, 0.717) is 0 Å². The Labute approximate surface area is 114 Å². The van der Waals surface area contributed by atoms with Crippen LogP contribution in [0, 0.1) is 0 Å². The molecule has 0 fully saturated rings. The van der Waals surface area contributed by atoms with Crippen LogP contribution in [0.15, 0.2) is 0 Å². The van der Waals surface area contributed by atoms with Crippen molar-refractivity contribution in [2.75, 3.05) is 13.2 Å². The highest BCUT2D eigenvalue weighted by atomic mass is 16.5. The topological polar surface area (TPSA) is 18.5 Å². The summed E-state index contributed by atoms with van der Waals surface area (Å²) in [7, 11) is 0. The molecule has 1 atom stereocenters. The summed E-state index contributed by atoms with van der Waals surface area (Å²) in [6.45, 7) is 14.8. The Hall–Kier alpha value is -0.0800. The van der Waals surface area contributed by atoms with Gasteiger partial charge in [-0.2, -0.15) is 0 Å². The quantitative estimate of drug-likeness (QED) is 0.521. The molecule has 0 saturated heterocycles. The van der Waals surface area contributed by atoms with E-state index in [0.717, 1.165) is 45.3 Å². The van der Waals surface area contributed by atoms with E-state index in [9.17, 15) is 0 Å². The molecule has 0 aliphatic heterocycles. The lowest BCUT2D eigenvalue weighted by atomic mass is 9.92. The molecule has 0 aromatic rings. The second kappa shape index (κ2) is 8.92. The zero-order chi connectivity index (χ0) is 14.1. The predicted molar refractivity (Wildman–Crippen MR) is 79.1 cm³/mol. The molecule has 1 unspecified atom stereocenters. The Morgan fingerprint density at radius 3 is 1.78 bits per heavy atom. The van der Waals surface area contributed by atoms with Crippen LogP contribution in [-0.2, 0) is 9.47 Å². The van der Waals surface area contributed by atoms with Gasteiger partial charge in [-0.25, -0.2) is 0 Å². The van der Waals surface area contributed by atoms with Crippen LogP contribution in [0.5, 0.6) is 0 Å². The van der Waals surface area contributed by atoms with Crippen molar-refractivity contribution >= 4 is 0 Å². The molecule has 0 bridgehead atoms. The number of rotatable bonds is 11. The van der Waals surface area contributed by atoms with Gasteiger partial charge in [0.1, 0.15) is 0 Å². The summed E-state index contributed by atoms with van der Waals surface area (Å²) in [4.78, 5) is 0. The first kappa shape index (κ1) is 17.9. The van der Waals surface area contributed by atoms with Crippen molar-refractivity contribution in [3.05, 3.63) is 0 Å². The smallest absolute Gasteiger partial charge is 0.0699 e. The third-order valence-corrected chi connectivity index (χ3v) is 4.27. The number of hydrogen-bond acceptors (Lipinski definition) is 2. The van der Waals surface area contributed by atoms with Crippen LogP contribution in [-0.4, -0.2) is 24.4 Å². The highest BCUT2D eigenvalue weighted by Gasteiger charge is 2.28. The van der Waals surface area contributed by atoms with Crippen molar-refractivity contribution in [2.45, 2.75) is 91.3 Å². The van der Waals surface area contributed by atoms with Crippen LogP contribution in [0.2, 0.25) is 0 Å². The van der Waals surface area contributed by atoms with Gasteiger partial charge < -0.3 is 9.47 Å². The molecular formula is C16H34O2. The van der Waals surface area contributed by atoms with E-state index in [4.69, 9.17) is 9.47 Å². The second-order valence-electron chi connectivity index (χ2n) is 5.48. The molecule has 2 nitrogen and oxygen atoms in total. The maximum atomic E-state index is 6.14. The van der Waals surface area contributed by atoms with Crippen LogP contribution < -0.4 is 0 Å². The van der Waals surface area contributed by atoms with Crippen LogP contribution in [0.4, 0.5) is 0 Å². The number of ether oxygens (including phenoxy) is 2. The van der Waals surface area contributed by atoms with Gasteiger partial charge in [-0.1, -0.05) is 34.1 Å². The molecule has 0 rings (SSSR count). The lowest BCUT2D eigenvalue weighted by Gasteiger charge is -2.34. The summed E-state index contributed by atoms with van der Waals surface area (Å²) in [5.74, 6) is 0. The lowest BCUT2D eigenvalue weighted by molar-refractivity contribution is -0.0967. The lowest BCUT2D eigenvalue weighted by Crippen LogP contribution is -2.35. The first-order valence-electron chi connectivity index (χ1n) is 7.79. The van der Waals surface area contributed by atoms with Crippen molar-refractivity contribution in [3.8, 4) is 0 Å². The Kier molecular flexibility index (Phi) is 8.89.